The lowest BCUT2D eigenvalue weighted by molar-refractivity contribution is -0.0794. The zero-order valence-electron chi connectivity index (χ0n) is 8.01. The smallest absolute Gasteiger partial charge is 0.422 e. The van der Waals surface area contributed by atoms with Gasteiger partial charge in [-0.05, 0) is 25.7 Å². The van der Waals surface area contributed by atoms with Crippen molar-refractivity contribution in [2.45, 2.75) is 37.7 Å². The summed E-state index contributed by atoms with van der Waals surface area (Å²) in [7, 11) is 1.89. The van der Waals surface area contributed by atoms with Crippen molar-refractivity contribution in [2.75, 3.05) is 13.6 Å². The fraction of sp³-hybridized carbons (Fsp3) is 0.889. The molecule has 1 amide bonds. The first kappa shape index (κ1) is 8.81. The monoisotopic (exact) mass is 184 g/mol. The van der Waals surface area contributed by atoms with Gasteiger partial charge < -0.3 is 4.74 Å². The van der Waals surface area contributed by atoms with Gasteiger partial charge in [0.1, 0.15) is 5.60 Å². The summed E-state index contributed by atoms with van der Waals surface area (Å²) in [5.41, 5.74) is 2.44. The predicted molar refractivity (Wildman–Crippen MR) is 48.1 cm³/mol. The normalized spacial score (nSPS) is 28.2. The average Bonchev–Trinajstić information content (AvgIpc) is 2.02. The standard InChI is InChI=1S/C9H16N2O2/c1-11-7-9(13-8(12)10-11)5-3-2-4-6-9/h2-7H2,1H3,(H,10,12). The lowest BCUT2D eigenvalue weighted by Crippen LogP contribution is -2.58. The lowest BCUT2D eigenvalue weighted by Gasteiger charge is -2.43. The summed E-state index contributed by atoms with van der Waals surface area (Å²) in [4.78, 5) is 11.2. The zero-order chi connectivity index (χ0) is 9.31. The number of nitrogens with zero attached hydrogens (tertiary/aromatic N) is 1. The minimum absolute atomic E-state index is 0.185. The van der Waals surface area contributed by atoms with Crippen LogP contribution in [0.15, 0.2) is 0 Å². The topological polar surface area (TPSA) is 41.6 Å². The number of rotatable bonds is 0. The van der Waals surface area contributed by atoms with Gasteiger partial charge in [-0.2, -0.15) is 0 Å². The van der Waals surface area contributed by atoms with E-state index in [1.54, 1.807) is 0 Å². The van der Waals surface area contributed by atoms with Crippen LogP contribution in [0.2, 0.25) is 0 Å². The largest absolute Gasteiger partial charge is 0.441 e. The molecule has 1 aliphatic heterocycles. The first-order valence-corrected chi connectivity index (χ1v) is 4.91. The third-order valence-corrected chi connectivity index (χ3v) is 2.88. The molecular weight excluding hydrogens is 168 g/mol. The Bertz CT molecular complexity index is 212. The van der Waals surface area contributed by atoms with Gasteiger partial charge in [0.05, 0.1) is 6.54 Å². The van der Waals surface area contributed by atoms with Gasteiger partial charge in [-0.1, -0.05) is 6.42 Å². The van der Waals surface area contributed by atoms with Crippen LogP contribution in [0.3, 0.4) is 0 Å². The molecule has 4 nitrogen and oxygen atoms in total. The SMILES string of the molecule is CN1CC2(CCCCC2)OC(=O)N1. The molecule has 13 heavy (non-hydrogen) atoms. The Balaban J connectivity index is 2.06. The fourth-order valence-electron chi connectivity index (χ4n) is 2.34. The van der Waals surface area contributed by atoms with Crippen molar-refractivity contribution >= 4 is 6.09 Å². The van der Waals surface area contributed by atoms with Crippen LogP contribution in [-0.4, -0.2) is 30.3 Å². The van der Waals surface area contributed by atoms with Gasteiger partial charge >= 0.3 is 6.09 Å². The molecule has 4 heteroatoms. The van der Waals surface area contributed by atoms with Crippen LogP contribution in [0.4, 0.5) is 4.79 Å². The summed E-state index contributed by atoms with van der Waals surface area (Å²) in [6.45, 7) is 0.818. The maximum atomic E-state index is 11.2. The minimum Gasteiger partial charge on any atom is -0.441 e. The summed E-state index contributed by atoms with van der Waals surface area (Å²) in [5.74, 6) is 0. The Morgan fingerprint density at radius 1 is 1.38 bits per heavy atom. The summed E-state index contributed by atoms with van der Waals surface area (Å²) in [5, 5.41) is 1.83. The van der Waals surface area contributed by atoms with E-state index in [9.17, 15) is 4.79 Å². The first-order chi connectivity index (χ1) is 6.20. The van der Waals surface area contributed by atoms with Gasteiger partial charge in [0.2, 0.25) is 0 Å². The Morgan fingerprint density at radius 2 is 2.08 bits per heavy atom. The number of likely N-dealkylation sites (N-methyl/N-ethyl adjacent to an activating group) is 1. The molecule has 1 aliphatic carbocycles. The van der Waals surface area contributed by atoms with Crippen molar-refractivity contribution in [2.24, 2.45) is 0 Å². The van der Waals surface area contributed by atoms with Crippen LogP contribution in [0.25, 0.3) is 0 Å². The molecule has 1 heterocycles. The molecule has 1 N–H and O–H groups in total. The lowest BCUT2D eigenvalue weighted by atomic mass is 9.84. The molecule has 0 bridgehead atoms. The van der Waals surface area contributed by atoms with Crippen molar-refractivity contribution in [3.05, 3.63) is 0 Å². The van der Waals surface area contributed by atoms with Crippen LogP contribution in [-0.2, 0) is 4.74 Å². The van der Waals surface area contributed by atoms with Crippen molar-refractivity contribution in [3.63, 3.8) is 0 Å². The molecule has 0 unspecified atom stereocenters. The number of carbonyl (C=O) groups is 1. The van der Waals surface area contributed by atoms with Crippen molar-refractivity contribution in [1.82, 2.24) is 10.4 Å². The Hall–Kier alpha value is -0.770. The van der Waals surface area contributed by atoms with Crippen molar-refractivity contribution in [3.8, 4) is 0 Å². The molecular formula is C9H16N2O2. The van der Waals surface area contributed by atoms with Crippen LogP contribution >= 0.6 is 0 Å². The summed E-state index contributed by atoms with van der Waals surface area (Å²) >= 11 is 0. The molecule has 74 valence electrons. The third kappa shape index (κ3) is 1.77. The molecule has 0 aromatic rings. The summed E-state index contributed by atoms with van der Waals surface area (Å²) in [6, 6.07) is 0. The quantitative estimate of drug-likeness (QED) is 0.616. The fourth-order valence-corrected chi connectivity index (χ4v) is 2.34. The molecule has 0 radical (unpaired) electrons. The van der Waals surface area contributed by atoms with Crippen molar-refractivity contribution in [1.29, 1.82) is 0 Å². The molecule has 0 aromatic heterocycles. The number of hydrogen-bond donors (Lipinski definition) is 1. The highest BCUT2D eigenvalue weighted by Crippen LogP contribution is 2.33. The van der Waals surface area contributed by atoms with E-state index in [0.29, 0.717) is 0 Å². The Labute approximate surface area is 78.2 Å². The number of amides is 1. The number of hydrogen-bond acceptors (Lipinski definition) is 3. The predicted octanol–water partition coefficient (Wildman–Crippen LogP) is 1.28. The zero-order valence-corrected chi connectivity index (χ0v) is 8.01. The second kappa shape index (κ2) is 3.18. The first-order valence-electron chi connectivity index (χ1n) is 4.91. The second-order valence-corrected chi connectivity index (χ2v) is 4.10. The van der Waals surface area contributed by atoms with Gasteiger partial charge in [0.25, 0.3) is 0 Å². The van der Waals surface area contributed by atoms with Crippen LogP contribution in [0, 0.1) is 0 Å². The van der Waals surface area contributed by atoms with E-state index >= 15 is 0 Å². The third-order valence-electron chi connectivity index (χ3n) is 2.88. The molecule has 1 saturated heterocycles. The minimum atomic E-state index is -0.296. The van der Waals surface area contributed by atoms with Gasteiger partial charge in [-0.15, -0.1) is 0 Å². The van der Waals surface area contributed by atoms with E-state index in [1.807, 2.05) is 12.1 Å². The van der Waals surface area contributed by atoms with Gasteiger partial charge in [0, 0.05) is 7.05 Å². The second-order valence-electron chi connectivity index (χ2n) is 4.10. The van der Waals surface area contributed by atoms with E-state index in [2.05, 4.69) is 5.43 Å². The van der Waals surface area contributed by atoms with Crippen LogP contribution in [0.5, 0.6) is 0 Å². The number of carbonyl (C=O) groups excluding carboxylic acids is 1. The molecule has 0 aromatic carbocycles. The van der Waals surface area contributed by atoms with Gasteiger partial charge in [-0.25, -0.2) is 9.80 Å². The highest BCUT2D eigenvalue weighted by molar-refractivity contribution is 5.67. The highest BCUT2D eigenvalue weighted by Gasteiger charge is 2.40. The average molecular weight is 184 g/mol. The number of ether oxygens (including phenoxy) is 1. The van der Waals surface area contributed by atoms with Gasteiger partial charge in [0.15, 0.2) is 0 Å². The maximum Gasteiger partial charge on any atom is 0.422 e. The summed E-state index contributed by atoms with van der Waals surface area (Å²) in [6.07, 6.45) is 5.38. The molecule has 2 aliphatic rings. The molecule has 0 atom stereocenters. The molecule has 1 spiro atoms. The van der Waals surface area contributed by atoms with E-state index in [0.717, 1.165) is 19.4 Å². The van der Waals surface area contributed by atoms with Crippen LogP contribution in [0.1, 0.15) is 32.1 Å². The maximum absolute atomic E-state index is 11.2. The van der Waals surface area contributed by atoms with E-state index in [-0.39, 0.29) is 11.7 Å². The van der Waals surface area contributed by atoms with Gasteiger partial charge in [-0.3, -0.25) is 5.43 Å². The Kier molecular flexibility index (Phi) is 2.15. The molecule has 2 rings (SSSR count). The van der Waals surface area contributed by atoms with Crippen LogP contribution < -0.4 is 5.43 Å². The van der Waals surface area contributed by atoms with Crippen molar-refractivity contribution < 1.29 is 9.53 Å². The molecule has 1 saturated carbocycles. The Morgan fingerprint density at radius 3 is 2.69 bits per heavy atom. The number of hydrazine groups is 1. The molecule has 2 fully saturated rings. The van der Waals surface area contributed by atoms with E-state index in [1.165, 1.54) is 19.3 Å². The van der Waals surface area contributed by atoms with E-state index in [4.69, 9.17) is 4.74 Å². The highest BCUT2D eigenvalue weighted by atomic mass is 16.6. The van der Waals surface area contributed by atoms with E-state index < -0.39 is 0 Å². The number of nitrogens with one attached hydrogen (secondary N) is 1. The summed E-state index contributed by atoms with van der Waals surface area (Å²) < 4.78 is 5.39.